The Hall–Kier alpha value is -1.85. The molecule has 21 heavy (non-hydrogen) atoms. The van der Waals surface area contributed by atoms with Crippen molar-refractivity contribution in [2.24, 2.45) is 0 Å². The number of benzene rings is 2. The molecule has 0 aliphatic carbocycles. The molecule has 0 spiro atoms. The first-order valence-corrected chi connectivity index (χ1v) is 8.43. The molecule has 0 saturated carbocycles. The zero-order chi connectivity index (χ0) is 15.0. The summed E-state index contributed by atoms with van der Waals surface area (Å²) in [7, 11) is -3.48. The lowest BCUT2D eigenvalue weighted by Gasteiger charge is -2.28. The molecular formula is C16H18N2O2S. The normalized spacial score (nSPS) is 19.9. The van der Waals surface area contributed by atoms with Crippen molar-refractivity contribution in [3.63, 3.8) is 0 Å². The molecule has 1 heterocycles. The number of fused-ring (bicyclic) bond motifs is 1. The standard InChI is InChI=1S/C16H18N2O2S/c1-11(2)12-7-9-13(10-8-12)16-17-14-5-3-4-6-15(14)21(19,20)18-16/h3-11,16-18H,1-2H3/t16-/m1/s1. The van der Waals surface area contributed by atoms with Gasteiger partial charge >= 0.3 is 0 Å². The van der Waals surface area contributed by atoms with Gasteiger partial charge < -0.3 is 5.32 Å². The van der Waals surface area contributed by atoms with Gasteiger partial charge in [-0.25, -0.2) is 8.42 Å². The quantitative estimate of drug-likeness (QED) is 0.895. The summed E-state index contributed by atoms with van der Waals surface area (Å²) in [6.45, 7) is 4.26. The Morgan fingerprint density at radius 2 is 1.67 bits per heavy atom. The fourth-order valence-electron chi connectivity index (χ4n) is 2.45. The van der Waals surface area contributed by atoms with E-state index in [9.17, 15) is 8.42 Å². The van der Waals surface area contributed by atoms with Gasteiger partial charge in [0, 0.05) is 0 Å². The van der Waals surface area contributed by atoms with Crippen molar-refractivity contribution in [3.8, 4) is 0 Å². The van der Waals surface area contributed by atoms with Crippen LogP contribution in [0.4, 0.5) is 5.69 Å². The monoisotopic (exact) mass is 302 g/mol. The van der Waals surface area contributed by atoms with Crippen LogP contribution in [0.15, 0.2) is 53.4 Å². The number of hydrogen-bond donors (Lipinski definition) is 2. The molecule has 2 aromatic carbocycles. The molecular weight excluding hydrogens is 284 g/mol. The topological polar surface area (TPSA) is 58.2 Å². The minimum atomic E-state index is -3.48. The summed E-state index contributed by atoms with van der Waals surface area (Å²) in [5, 5.41) is 3.23. The van der Waals surface area contributed by atoms with Crippen LogP contribution in [-0.2, 0) is 10.0 Å². The minimum absolute atomic E-state index is 0.292. The van der Waals surface area contributed by atoms with E-state index in [4.69, 9.17) is 0 Å². The molecule has 2 N–H and O–H groups in total. The Morgan fingerprint density at radius 1 is 1.00 bits per heavy atom. The van der Waals surface area contributed by atoms with E-state index in [0.29, 0.717) is 16.5 Å². The van der Waals surface area contributed by atoms with E-state index in [-0.39, 0.29) is 0 Å². The summed E-state index contributed by atoms with van der Waals surface area (Å²) in [6.07, 6.45) is -0.439. The van der Waals surface area contributed by atoms with E-state index in [2.05, 4.69) is 23.9 Å². The van der Waals surface area contributed by atoms with E-state index in [0.717, 1.165) is 5.56 Å². The Bertz CT molecular complexity index is 752. The number of hydrogen-bond acceptors (Lipinski definition) is 3. The molecule has 0 radical (unpaired) electrons. The highest BCUT2D eigenvalue weighted by atomic mass is 32.2. The summed E-state index contributed by atoms with van der Waals surface area (Å²) >= 11 is 0. The average molecular weight is 302 g/mol. The molecule has 0 bridgehead atoms. The molecule has 110 valence electrons. The highest BCUT2D eigenvalue weighted by Gasteiger charge is 2.29. The van der Waals surface area contributed by atoms with E-state index in [1.807, 2.05) is 30.3 Å². The van der Waals surface area contributed by atoms with Crippen LogP contribution in [0.2, 0.25) is 0 Å². The Balaban J connectivity index is 1.95. The van der Waals surface area contributed by atoms with Gasteiger partial charge in [0.2, 0.25) is 10.0 Å². The lowest BCUT2D eigenvalue weighted by atomic mass is 10.0. The largest absolute Gasteiger partial charge is 0.364 e. The maximum atomic E-state index is 12.3. The highest BCUT2D eigenvalue weighted by molar-refractivity contribution is 7.89. The number of sulfonamides is 1. The van der Waals surface area contributed by atoms with E-state index in [1.54, 1.807) is 18.2 Å². The van der Waals surface area contributed by atoms with E-state index < -0.39 is 16.2 Å². The summed E-state index contributed by atoms with van der Waals surface area (Å²) in [5.41, 5.74) is 2.77. The second kappa shape index (κ2) is 5.16. The van der Waals surface area contributed by atoms with Gasteiger partial charge in [-0.2, -0.15) is 4.72 Å². The first-order chi connectivity index (χ1) is 9.97. The Kier molecular flexibility index (Phi) is 3.47. The van der Waals surface area contributed by atoms with Crippen LogP contribution >= 0.6 is 0 Å². The molecule has 1 aliphatic rings. The van der Waals surface area contributed by atoms with E-state index in [1.165, 1.54) is 5.56 Å². The predicted octanol–water partition coefficient (Wildman–Crippen LogP) is 3.21. The van der Waals surface area contributed by atoms with Gasteiger partial charge in [-0.15, -0.1) is 0 Å². The molecule has 0 aromatic heterocycles. The van der Waals surface area contributed by atoms with Crippen LogP contribution in [0.3, 0.4) is 0 Å². The first kappa shape index (κ1) is 14.1. The molecule has 2 aromatic rings. The van der Waals surface area contributed by atoms with E-state index >= 15 is 0 Å². The van der Waals surface area contributed by atoms with Crippen molar-refractivity contribution in [2.75, 3.05) is 5.32 Å². The molecule has 1 aliphatic heterocycles. The zero-order valence-electron chi connectivity index (χ0n) is 12.0. The van der Waals surface area contributed by atoms with Crippen molar-refractivity contribution in [1.29, 1.82) is 0 Å². The third-order valence-electron chi connectivity index (χ3n) is 3.69. The highest BCUT2D eigenvalue weighted by Crippen LogP contribution is 2.31. The minimum Gasteiger partial charge on any atom is -0.364 e. The number of para-hydroxylation sites is 1. The van der Waals surface area contributed by atoms with Crippen LogP contribution in [0.5, 0.6) is 0 Å². The summed E-state index contributed by atoms with van der Waals surface area (Å²) in [4.78, 5) is 0.292. The van der Waals surface area contributed by atoms with Crippen molar-refractivity contribution in [1.82, 2.24) is 4.72 Å². The third kappa shape index (κ3) is 2.66. The summed E-state index contributed by atoms with van der Waals surface area (Å²) in [5.74, 6) is 0.454. The Labute approximate surface area is 125 Å². The summed E-state index contributed by atoms with van der Waals surface area (Å²) in [6, 6.07) is 14.9. The molecule has 0 fully saturated rings. The lowest BCUT2D eigenvalue weighted by Crippen LogP contribution is -2.38. The second-order valence-corrected chi connectivity index (χ2v) is 7.20. The number of rotatable bonds is 2. The molecule has 0 unspecified atom stereocenters. The van der Waals surface area contributed by atoms with Crippen LogP contribution < -0.4 is 10.0 Å². The maximum absolute atomic E-state index is 12.3. The fourth-order valence-corrected chi connectivity index (χ4v) is 3.76. The third-order valence-corrected chi connectivity index (χ3v) is 5.17. The van der Waals surface area contributed by atoms with Gasteiger partial charge in [0.05, 0.1) is 5.69 Å². The van der Waals surface area contributed by atoms with Gasteiger partial charge in [-0.05, 0) is 29.2 Å². The van der Waals surface area contributed by atoms with Crippen molar-refractivity contribution >= 4 is 15.7 Å². The SMILES string of the molecule is CC(C)c1ccc([C@@H]2Nc3ccccc3S(=O)(=O)N2)cc1. The van der Waals surface area contributed by atoms with Crippen LogP contribution in [0.1, 0.15) is 37.1 Å². The van der Waals surface area contributed by atoms with Crippen LogP contribution in [0, 0.1) is 0 Å². The van der Waals surface area contributed by atoms with Gasteiger partial charge in [-0.1, -0.05) is 50.2 Å². The van der Waals surface area contributed by atoms with Gasteiger partial charge in [0.25, 0.3) is 0 Å². The lowest BCUT2D eigenvalue weighted by molar-refractivity contribution is 0.562. The fraction of sp³-hybridized carbons (Fsp3) is 0.250. The molecule has 1 atom stereocenters. The number of nitrogens with one attached hydrogen (secondary N) is 2. The van der Waals surface area contributed by atoms with Gasteiger partial charge in [0.1, 0.15) is 11.1 Å². The van der Waals surface area contributed by atoms with Crippen LogP contribution in [0.25, 0.3) is 0 Å². The van der Waals surface area contributed by atoms with Gasteiger partial charge in [-0.3, -0.25) is 0 Å². The van der Waals surface area contributed by atoms with Gasteiger partial charge in [0.15, 0.2) is 0 Å². The van der Waals surface area contributed by atoms with Crippen molar-refractivity contribution < 1.29 is 8.42 Å². The summed E-state index contributed by atoms with van der Waals surface area (Å²) < 4.78 is 27.2. The predicted molar refractivity (Wildman–Crippen MR) is 83.7 cm³/mol. The first-order valence-electron chi connectivity index (χ1n) is 6.95. The molecule has 3 rings (SSSR count). The van der Waals surface area contributed by atoms with Crippen molar-refractivity contribution in [2.45, 2.75) is 30.8 Å². The maximum Gasteiger partial charge on any atom is 0.244 e. The Morgan fingerprint density at radius 3 is 2.33 bits per heavy atom. The second-order valence-electron chi connectivity index (χ2n) is 5.52. The smallest absolute Gasteiger partial charge is 0.244 e. The number of anilines is 1. The molecule has 4 nitrogen and oxygen atoms in total. The molecule has 0 saturated heterocycles. The zero-order valence-corrected chi connectivity index (χ0v) is 12.8. The average Bonchev–Trinajstić information content (AvgIpc) is 2.46. The van der Waals surface area contributed by atoms with Crippen LogP contribution in [-0.4, -0.2) is 8.42 Å². The molecule has 0 amide bonds. The van der Waals surface area contributed by atoms with Crippen molar-refractivity contribution in [3.05, 3.63) is 59.7 Å². The molecule has 5 heteroatoms.